The van der Waals surface area contributed by atoms with Crippen molar-refractivity contribution in [2.75, 3.05) is 36.8 Å². The lowest BCUT2D eigenvalue weighted by atomic mass is 9.88. The van der Waals surface area contributed by atoms with Crippen LogP contribution in [0.3, 0.4) is 0 Å². The van der Waals surface area contributed by atoms with Gasteiger partial charge in [0.25, 0.3) is 0 Å². The van der Waals surface area contributed by atoms with Crippen LogP contribution >= 0.6 is 11.8 Å². The molecule has 126 valence electrons. The molecule has 4 rings (SSSR count). The number of benzene rings is 1. The van der Waals surface area contributed by atoms with E-state index in [1.807, 2.05) is 0 Å². The molecule has 1 fully saturated rings. The first kappa shape index (κ1) is 15.8. The van der Waals surface area contributed by atoms with Crippen LogP contribution in [0.15, 0.2) is 23.1 Å². The standard InChI is InChI=1S/C20H30N2S/c1-3-15(4-2)13-21-11-9-18-17(14-21)16-7-5-8-19-20(16)22(18)10-6-12-23-19/h5,7-8,15,17-18H,3-4,6,9-14H2,1-2H3/t17-,18-/m1/s1. The first-order valence-electron chi connectivity index (χ1n) is 9.56. The van der Waals surface area contributed by atoms with Crippen LogP contribution in [-0.4, -0.2) is 42.9 Å². The van der Waals surface area contributed by atoms with E-state index in [1.165, 1.54) is 57.6 Å². The summed E-state index contributed by atoms with van der Waals surface area (Å²) >= 11 is 2.08. The second-order valence-corrected chi connectivity index (χ2v) is 8.63. The van der Waals surface area contributed by atoms with E-state index < -0.39 is 0 Å². The fourth-order valence-electron chi connectivity index (χ4n) is 4.89. The molecule has 2 atom stereocenters. The number of fused-ring (bicyclic) bond motifs is 3. The molecule has 23 heavy (non-hydrogen) atoms. The van der Waals surface area contributed by atoms with Crippen LogP contribution in [0, 0.1) is 5.92 Å². The van der Waals surface area contributed by atoms with Crippen molar-refractivity contribution < 1.29 is 0 Å². The molecular formula is C20H30N2S. The van der Waals surface area contributed by atoms with Gasteiger partial charge < -0.3 is 9.80 Å². The molecule has 1 saturated heterocycles. The molecule has 1 aromatic carbocycles. The quantitative estimate of drug-likeness (QED) is 0.797. The summed E-state index contributed by atoms with van der Waals surface area (Å²) in [5.74, 6) is 2.90. The van der Waals surface area contributed by atoms with Crippen LogP contribution in [-0.2, 0) is 0 Å². The molecular weight excluding hydrogens is 300 g/mol. The lowest BCUT2D eigenvalue weighted by Crippen LogP contribution is -2.47. The predicted octanol–water partition coefficient (Wildman–Crippen LogP) is 4.60. The maximum Gasteiger partial charge on any atom is 0.0543 e. The molecule has 0 spiro atoms. The molecule has 3 heteroatoms. The number of piperidine rings is 1. The molecule has 0 N–H and O–H groups in total. The smallest absolute Gasteiger partial charge is 0.0543 e. The van der Waals surface area contributed by atoms with Crippen LogP contribution in [0.2, 0.25) is 0 Å². The number of anilines is 1. The number of rotatable bonds is 4. The minimum Gasteiger partial charge on any atom is -0.367 e. The molecule has 3 aliphatic rings. The SMILES string of the molecule is CCC(CC)CN1CC[C@@H]2[C@H](C1)c1cccc3c1N2CCCS3. The summed E-state index contributed by atoms with van der Waals surface area (Å²) in [5, 5.41) is 0. The lowest BCUT2D eigenvalue weighted by molar-refractivity contribution is 0.164. The van der Waals surface area contributed by atoms with E-state index in [2.05, 4.69) is 53.6 Å². The molecule has 2 nitrogen and oxygen atoms in total. The molecule has 0 bridgehead atoms. The number of hydrogen-bond donors (Lipinski definition) is 0. The molecule has 1 aromatic rings. The van der Waals surface area contributed by atoms with Gasteiger partial charge in [0, 0.05) is 43.0 Å². The average molecular weight is 331 g/mol. The van der Waals surface area contributed by atoms with Gasteiger partial charge in [0.15, 0.2) is 0 Å². The number of nitrogens with zero attached hydrogens (tertiary/aromatic N) is 2. The Morgan fingerprint density at radius 1 is 1.22 bits per heavy atom. The first-order valence-corrected chi connectivity index (χ1v) is 10.5. The first-order chi connectivity index (χ1) is 11.3. The largest absolute Gasteiger partial charge is 0.367 e. The minimum absolute atomic E-state index is 0.742. The van der Waals surface area contributed by atoms with Gasteiger partial charge in [-0.15, -0.1) is 11.8 Å². The average Bonchev–Trinajstić information content (AvgIpc) is 2.75. The van der Waals surface area contributed by atoms with Crippen LogP contribution < -0.4 is 4.90 Å². The van der Waals surface area contributed by atoms with Gasteiger partial charge in [-0.2, -0.15) is 0 Å². The van der Waals surface area contributed by atoms with Crippen molar-refractivity contribution in [1.29, 1.82) is 0 Å². The Hall–Kier alpha value is -0.670. The fraction of sp³-hybridized carbons (Fsp3) is 0.700. The van der Waals surface area contributed by atoms with Crippen LogP contribution in [0.5, 0.6) is 0 Å². The van der Waals surface area contributed by atoms with Gasteiger partial charge in [-0.1, -0.05) is 38.8 Å². The van der Waals surface area contributed by atoms with Gasteiger partial charge in [-0.25, -0.2) is 0 Å². The monoisotopic (exact) mass is 330 g/mol. The summed E-state index contributed by atoms with van der Waals surface area (Å²) in [4.78, 5) is 7.09. The summed E-state index contributed by atoms with van der Waals surface area (Å²) in [6.45, 7) is 9.85. The number of para-hydroxylation sites is 1. The normalized spacial score (nSPS) is 27.0. The molecule has 3 aliphatic heterocycles. The summed E-state index contributed by atoms with van der Waals surface area (Å²) < 4.78 is 0. The highest BCUT2D eigenvalue weighted by molar-refractivity contribution is 7.99. The molecule has 0 aliphatic carbocycles. The van der Waals surface area contributed by atoms with E-state index >= 15 is 0 Å². The topological polar surface area (TPSA) is 6.48 Å². The van der Waals surface area contributed by atoms with Crippen LogP contribution in [0.25, 0.3) is 0 Å². The molecule has 3 heterocycles. The zero-order valence-electron chi connectivity index (χ0n) is 14.6. The zero-order valence-corrected chi connectivity index (χ0v) is 15.4. The van der Waals surface area contributed by atoms with Gasteiger partial charge in [0.2, 0.25) is 0 Å². The third kappa shape index (κ3) is 2.80. The van der Waals surface area contributed by atoms with Gasteiger partial charge in [0.1, 0.15) is 0 Å². The Kier molecular flexibility index (Phi) is 4.60. The van der Waals surface area contributed by atoms with Gasteiger partial charge in [-0.05, 0) is 36.1 Å². The minimum atomic E-state index is 0.742. The Morgan fingerprint density at radius 3 is 2.91 bits per heavy atom. The van der Waals surface area contributed by atoms with Crippen LogP contribution in [0.1, 0.15) is 51.0 Å². The number of hydrogen-bond acceptors (Lipinski definition) is 3. The van der Waals surface area contributed by atoms with E-state index in [0.717, 1.165) is 17.9 Å². The van der Waals surface area contributed by atoms with Crippen molar-refractivity contribution in [3.8, 4) is 0 Å². The maximum atomic E-state index is 2.78. The summed E-state index contributed by atoms with van der Waals surface area (Å²) in [7, 11) is 0. The molecule has 0 unspecified atom stereocenters. The van der Waals surface area contributed by atoms with Crippen molar-refractivity contribution in [3.05, 3.63) is 23.8 Å². The Morgan fingerprint density at radius 2 is 2.09 bits per heavy atom. The third-order valence-corrected chi connectivity index (χ3v) is 7.38. The van der Waals surface area contributed by atoms with E-state index in [0.29, 0.717) is 0 Å². The van der Waals surface area contributed by atoms with Crippen molar-refractivity contribution in [2.45, 2.75) is 56.4 Å². The second kappa shape index (κ2) is 6.68. The summed E-state index contributed by atoms with van der Waals surface area (Å²) in [6, 6.07) is 7.83. The predicted molar refractivity (Wildman–Crippen MR) is 101 cm³/mol. The fourth-order valence-corrected chi connectivity index (χ4v) is 5.93. The molecule has 0 saturated carbocycles. The summed E-state index contributed by atoms with van der Waals surface area (Å²) in [5.41, 5.74) is 3.26. The maximum absolute atomic E-state index is 2.78. The van der Waals surface area contributed by atoms with Gasteiger partial charge in [-0.3, -0.25) is 0 Å². The Bertz CT molecular complexity index is 555. The Balaban J connectivity index is 1.59. The highest BCUT2D eigenvalue weighted by Crippen LogP contribution is 2.50. The van der Waals surface area contributed by atoms with Crippen LogP contribution in [0.4, 0.5) is 5.69 Å². The molecule has 0 radical (unpaired) electrons. The number of likely N-dealkylation sites (tertiary alicyclic amines) is 1. The summed E-state index contributed by atoms with van der Waals surface area (Å²) in [6.07, 6.45) is 5.33. The molecule has 0 aromatic heterocycles. The van der Waals surface area contributed by atoms with Crippen molar-refractivity contribution >= 4 is 17.4 Å². The van der Waals surface area contributed by atoms with Crippen molar-refractivity contribution in [1.82, 2.24) is 4.90 Å². The van der Waals surface area contributed by atoms with Gasteiger partial charge >= 0.3 is 0 Å². The van der Waals surface area contributed by atoms with Gasteiger partial charge in [0.05, 0.1) is 5.69 Å². The lowest BCUT2D eigenvalue weighted by Gasteiger charge is -2.40. The van der Waals surface area contributed by atoms with E-state index in [4.69, 9.17) is 0 Å². The van der Waals surface area contributed by atoms with E-state index in [1.54, 1.807) is 16.1 Å². The van der Waals surface area contributed by atoms with Crippen molar-refractivity contribution in [3.63, 3.8) is 0 Å². The van der Waals surface area contributed by atoms with E-state index in [-0.39, 0.29) is 0 Å². The van der Waals surface area contributed by atoms with E-state index in [9.17, 15) is 0 Å². The second-order valence-electron chi connectivity index (χ2n) is 7.49. The third-order valence-electron chi connectivity index (χ3n) is 6.25. The molecule has 0 amide bonds. The Labute approximate surface area is 145 Å². The zero-order chi connectivity index (χ0) is 15.8. The highest BCUT2D eigenvalue weighted by Gasteiger charge is 2.43. The highest BCUT2D eigenvalue weighted by atomic mass is 32.2. The van der Waals surface area contributed by atoms with Crippen molar-refractivity contribution in [2.24, 2.45) is 5.92 Å². The number of thioether (sulfide) groups is 1.